The van der Waals surface area contributed by atoms with E-state index in [9.17, 15) is 17.6 Å². The Morgan fingerprint density at radius 3 is 2.50 bits per heavy atom. The quantitative estimate of drug-likeness (QED) is 0.861. The molecule has 6 nitrogen and oxygen atoms in total. The minimum absolute atomic E-state index is 0.141. The lowest BCUT2D eigenvalue weighted by atomic mass is 10.3. The van der Waals surface area contributed by atoms with E-state index in [0.717, 1.165) is 16.5 Å². The van der Waals surface area contributed by atoms with Gasteiger partial charge in [-0.3, -0.25) is 0 Å². The first-order valence-corrected chi connectivity index (χ1v) is 10.5. The van der Waals surface area contributed by atoms with Crippen LogP contribution in [0.5, 0.6) is 0 Å². The number of rotatable bonds is 4. The average Bonchev–Trinajstić information content (AvgIpc) is 3.05. The second-order valence-corrected chi connectivity index (χ2v) is 8.91. The van der Waals surface area contributed by atoms with Crippen LogP contribution < -0.4 is 5.32 Å². The number of nitrogens with zero attached hydrogens (tertiary/aromatic N) is 2. The molecule has 1 fully saturated rings. The van der Waals surface area contributed by atoms with Crippen LogP contribution in [0.1, 0.15) is 10.4 Å². The zero-order chi connectivity index (χ0) is 18.7. The van der Waals surface area contributed by atoms with E-state index >= 15 is 0 Å². The van der Waals surface area contributed by atoms with Gasteiger partial charge in [0, 0.05) is 31.1 Å². The van der Waals surface area contributed by atoms with Crippen LogP contribution in [0, 0.1) is 12.7 Å². The molecular formula is C17H20FN3O3S2. The van der Waals surface area contributed by atoms with Crippen LogP contribution in [-0.4, -0.2) is 49.8 Å². The summed E-state index contributed by atoms with van der Waals surface area (Å²) in [5.41, 5.74) is 1.14. The molecule has 1 aliphatic heterocycles. The molecule has 0 bridgehead atoms. The van der Waals surface area contributed by atoms with E-state index in [1.54, 1.807) is 16.2 Å². The number of carbonyl (C=O) groups is 1. The molecule has 0 unspecified atom stereocenters. The lowest BCUT2D eigenvalue weighted by Gasteiger charge is -2.34. The summed E-state index contributed by atoms with van der Waals surface area (Å²) in [4.78, 5) is 14.6. The number of hydrogen-bond donors (Lipinski definition) is 1. The SMILES string of the molecule is Cc1ccsc1CNC(=O)N1CCN(S(=O)(=O)c2ccccc2F)CC1. The molecule has 2 aromatic rings. The molecule has 0 radical (unpaired) electrons. The predicted octanol–water partition coefficient (Wildman–Crippen LogP) is 2.41. The third-order valence-electron chi connectivity index (χ3n) is 4.35. The van der Waals surface area contributed by atoms with Gasteiger partial charge in [-0.1, -0.05) is 12.1 Å². The number of sulfonamides is 1. The number of piperazine rings is 1. The van der Waals surface area contributed by atoms with E-state index in [1.807, 2.05) is 18.4 Å². The molecule has 0 saturated carbocycles. The van der Waals surface area contributed by atoms with Gasteiger partial charge in [0.1, 0.15) is 10.7 Å². The lowest BCUT2D eigenvalue weighted by molar-refractivity contribution is 0.172. The minimum atomic E-state index is -3.89. The van der Waals surface area contributed by atoms with Gasteiger partial charge in [-0.25, -0.2) is 17.6 Å². The molecule has 1 saturated heterocycles. The predicted molar refractivity (Wildman–Crippen MR) is 98.0 cm³/mol. The molecule has 3 rings (SSSR count). The summed E-state index contributed by atoms with van der Waals surface area (Å²) in [7, 11) is -3.89. The third-order valence-corrected chi connectivity index (χ3v) is 7.30. The Kier molecular flexibility index (Phi) is 5.59. The van der Waals surface area contributed by atoms with Gasteiger partial charge in [-0.05, 0) is 36.1 Å². The number of hydrogen-bond acceptors (Lipinski definition) is 4. The molecule has 9 heteroatoms. The van der Waals surface area contributed by atoms with Crippen molar-refractivity contribution in [2.75, 3.05) is 26.2 Å². The maximum absolute atomic E-state index is 13.8. The molecule has 1 aliphatic rings. The Bertz CT molecular complexity index is 890. The van der Waals surface area contributed by atoms with Crippen molar-refractivity contribution in [1.29, 1.82) is 0 Å². The summed E-state index contributed by atoms with van der Waals surface area (Å²) in [6.45, 7) is 3.26. The molecule has 26 heavy (non-hydrogen) atoms. The van der Waals surface area contributed by atoms with Gasteiger partial charge in [0.05, 0.1) is 6.54 Å². The number of carbonyl (C=O) groups excluding carboxylic acids is 1. The highest BCUT2D eigenvalue weighted by Crippen LogP contribution is 2.20. The van der Waals surface area contributed by atoms with E-state index in [2.05, 4.69) is 5.32 Å². The fraction of sp³-hybridized carbons (Fsp3) is 0.353. The molecule has 1 N–H and O–H groups in total. The summed E-state index contributed by atoms with van der Waals surface area (Å²) in [6, 6.07) is 7.10. The summed E-state index contributed by atoms with van der Waals surface area (Å²) >= 11 is 1.58. The number of nitrogens with one attached hydrogen (secondary N) is 1. The van der Waals surface area contributed by atoms with E-state index < -0.39 is 15.8 Å². The first-order chi connectivity index (χ1) is 12.4. The number of thiophene rings is 1. The van der Waals surface area contributed by atoms with Gasteiger partial charge in [-0.15, -0.1) is 11.3 Å². The van der Waals surface area contributed by atoms with Crippen molar-refractivity contribution in [3.8, 4) is 0 Å². The Balaban J connectivity index is 1.58. The molecule has 1 aromatic carbocycles. The molecule has 2 amide bonds. The summed E-state index contributed by atoms with van der Waals surface area (Å²) in [5, 5.41) is 4.83. The highest BCUT2D eigenvalue weighted by molar-refractivity contribution is 7.89. The van der Waals surface area contributed by atoms with Crippen molar-refractivity contribution >= 4 is 27.4 Å². The number of aryl methyl sites for hydroxylation is 1. The van der Waals surface area contributed by atoms with Crippen LogP contribution in [0.25, 0.3) is 0 Å². The Morgan fingerprint density at radius 2 is 1.88 bits per heavy atom. The minimum Gasteiger partial charge on any atom is -0.333 e. The Labute approximate surface area is 156 Å². The highest BCUT2D eigenvalue weighted by Gasteiger charge is 2.31. The van der Waals surface area contributed by atoms with Crippen molar-refractivity contribution in [3.63, 3.8) is 0 Å². The van der Waals surface area contributed by atoms with Crippen molar-refractivity contribution in [2.24, 2.45) is 0 Å². The fourth-order valence-corrected chi connectivity index (χ4v) is 5.11. The van der Waals surface area contributed by atoms with Crippen molar-refractivity contribution in [1.82, 2.24) is 14.5 Å². The summed E-state index contributed by atoms with van der Waals surface area (Å²) < 4.78 is 40.2. The second-order valence-electron chi connectivity index (χ2n) is 6.01. The van der Waals surface area contributed by atoms with E-state index in [1.165, 1.54) is 22.5 Å². The first-order valence-electron chi connectivity index (χ1n) is 8.20. The highest BCUT2D eigenvalue weighted by atomic mass is 32.2. The Hall–Kier alpha value is -1.97. The maximum atomic E-state index is 13.8. The van der Waals surface area contributed by atoms with Gasteiger partial charge in [0.15, 0.2) is 0 Å². The van der Waals surface area contributed by atoms with E-state index in [-0.39, 0.29) is 37.1 Å². The van der Waals surface area contributed by atoms with E-state index in [4.69, 9.17) is 0 Å². The number of urea groups is 1. The van der Waals surface area contributed by atoms with Crippen LogP contribution in [-0.2, 0) is 16.6 Å². The van der Waals surface area contributed by atoms with Gasteiger partial charge in [0.25, 0.3) is 0 Å². The average molecular weight is 397 g/mol. The van der Waals surface area contributed by atoms with Crippen LogP contribution >= 0.6 is 11.3 Å². The van der Waals surface area contributed by atoms with Crippen LogP contribution in [0.2, 0.25) is 0 Å². The molecular weight excluding hydrogens is 377 g/mol. The first kappa shape index (κ1) is 18.8. The standard InChI is InChI=1S/C17H20FN3O3S2/c1-13-6-11-25-15(13)12-19-17(22)20-7-9-21(10-8-20)26(23,24)16-5-3-2-4-14(16)18/h2-6,11H,7-10,12H2,1H3,(H,19,22). The van der Waals surface area contributed by atoms with Crippen molar-refractivity contribution < 1.29 is 17.6 Å². The van der Waals surface area contributed by atoms with Crippen LogP contribution in [0.15, 0.2) is 40.6 Å². The lowest BCUT2D eigenvalue weighted by Crippen LogP contribution is -2.53. The number of halogens is 1. The monoisotopic (exact) mass is 397 g/mol. The van der Waals surface area contributed by atoms with Crippen molar-refractivity contribution in [3.05, 3.63) is 52.0 Å². The Morgan fingerprint density at radius 1 is 1.19 bits per heavy atom. The molecule has 0 aliphatic carbocycles. The van der Waals surface area contributed by atoms with E-state index in [0.29, 0.717) is 6.54 Å². The van der Waals surface area contributed by atoms with Gasteiger partial charge < -0.3 is 10.2 Å². The molecule has 2 heterocycles. The fourth-order valence-electron chi connectivity index (χ4n) is 2.78. The second kappa shape index (κ2) is 7.73. The largest absolute Gasteiger partial charge is 0.333 e. The normalized spacial score (nSPS) is 15.8. The van der Waals surface area contributed by atoms with Crippen molar-refractivity contribution in [2.45, 2.75) is 18.4 Å². The third kappa shape index (κ3) is 3.89. The number of benzene rings is 1. The summed E-state index contributed by atoms with van der Waals surface area (Å²) in [6.07, 6.45) is 0. The molecule has 0 spiro atoms. The zero-order valence-corrected chi connectivity index (χ0v) is 15.9. The van der Waals surface area contributed by atoms with Gasteiger partial charge in [0.2, 0.25) is 10.0 Å². The summed E-state index contributed by atoms with van der Waals surface area (Å²) in [5.74, 6) is -0.765. The molecule has 1 aromatic heterocycles. The topological polar surface area (TPSA) is 69.7 Å². The number of amides is 2. The van der Waals surface area contributed by atoms with Crippen LogP contribution in [0.4, 0.5) is 9.18 Å². The van der Waals surface area contributed by atoms with Crippen LogP contribution in [0.3, 0.4) is 0 Å². The molecule has 140 valence electrons. The van der Waals surface area contributed by atoms with Gasteiger partial charge >= 0.3 is 6.03 Å². The molecule has 0 atom stereocenters. The van der Waals surface area contributed by atoms with Gasteiger partial charge in [-0.2, -0.15) is 4.31 Å². The maximum Gasteiger partial charge on any atom is 0.317 e. The zero-order valence-electron chi connectivity index (χ0n) is 14.3. The smallest absolute Gasteiger partial charge is 0.317 e.